The van der Waals surface area contributed by atoms with Gasteiger partial charge in [0.1, 0.15) is 11.9 Å². The zero-order chi connectivity index (χ0) is 21.7. The van der Waals surface area contributed by atoms with Crippen molar-refractivity contribution in [3.05, 3.63) is 75.6 Å². The van der Waals surface area contributed by atoms with Gasteiger partial charge in [-0.05, 0) is 42.7 Å². The SMILES string of the molecule is C[NH+](C)CC1([C@@H](OC(=O)c2ccc([N+](=O)[O-])cc2)c2cccc(F)c2)CCCCC1. The molecule has 2 aromatic carbocycles. The van der Waals surface area contributed by atoms with E-state index in [0.29, 0.717) is 5.56 Å². The van der Waals surface area contributed by atoms with Crippen LogP contribution in [0.2, 0.25) is 0 Å². The van der Waals surface area contributed by atoms with E-state index in [1.165, 1.54) is 41.3 Å². The number of nitrogens with zero attached hydrogens (tertiary/aromatic N) is 1. The summed E-state index contributed by atoms with van der Waals surface area (Å²) in [6.07, 6.45) is 4.41. The third-order valence-corrected chi connectivity index (χ3v) is 5.80. The Balaban J connectivity index is 1.96. The van der Waals surface area contributed by atoms with E-state index < -0.39 is 17.0 Å². The molecule has 1 atom stereocenters. The molecule has 1 N–H and O–H groups in total. The predicted octanol–water partition coefficient (Wildman–Crippen LogP) is 3.73. The summed E-state index contributed by atoms with van der Waals surface area (Å²) in [5.41, 5.74) is 0.508. The van der Waals surface area contributed by atoms with Crippen LogP contribution in [-0.2, 0) is 4.74 Å². The summed E-state index contributed by atoms with van der Waals surface area (Å²) in [5, 5.41) is 10.9. The Morgan fingerprint density at radius 3 is 2.40 bits per heavy atom. The van der Waals surface area contributed by atoms with E-state index in [1.807, 2.05) is 0 Å². The van der Waals surface area contributed by atoms with E-state index in [4.69, 9.17) is 4.74 Å². The fourth-order valence-corrected chi connectivity index (χ4v) is 4.60. The molecule has 1 fully saturated rings. The van der Waals surface area contributed by atoms with Gasteiger partial charge in [-0.1, -0.05) is 31.4 Å². The Labute approximate surface area is 175 Å². The van der Waals surface area contributed by atoms with Crippen molar-refractivity contribution >= 4 is 11.7 Å². The summed E-state index contributed by atoms with van der Waals surface area (Å²) in [5.74, 6) is -0.926. The molecule has 1 aliphatic rings. The topological polar surface area (TPSA) is 73.9 Å². The van der Waals surface area contributed by atoms with Crippen molar-refractivity contribution in [3.63, 3.8) is 0 Å². The molecule has 0 amide bonds. The van der Waals surface area contributed by atoms with Crippen molar-refractivity contribution in [1.29, 1.82) is 0 Å². The molecular formula is C23H28FN2O4+. The quantitative estimate of drug-likeness (QED) is 0.425. The van der Waals surface area contributed by atoms with Crippen molar-refractivity contribution in [2.24, 2.45) is 5.41 Å². The Morgan fingerprint density at radius 1 is 1.17 bits per heavy atom. The minimum atomic E-state index is -0.592. The highest BCUT2D eigenvalue weighted by atomic mass is 19.1. The van der Waals surface area contributed by atoms with Crippen molar-refractivity contribution in [1.82, 2.24) is 0 Å². The van der Waals surface area contributed by atoms with Crippen LogP contribution in [0.1, 0.15) is 54.1 Å². The molecule has 0 radical (unpaired) electrons. The fraction of sp³-hybridized carbons (Fsp3) is 0.435. The van der Waals surface area contributed by atoms with Crippen molar-refractivity contribution < 1.29 is 23.7 Å². The zero-order valence-corrected chi connectivity index (χ0v) is 17.4. The monoisotopic (exact) mass is 415 g/mol. The molecule has 0 saturated heterocycles. The third kappa shape index (κ3) is 5.02. The normalized spacial score (nSPS) is 16.8. The smallest absolute Gasteiger partial charge is 0.338 e. The second-order valence-corrected chi connectivity index (χ2v) is 8.45. The van der Waals surface area contributed by atoms with Gasteiger partial charge >= 0.3 is 5.97 Å². The summed E-state index contributed by atoms with van der Waals surface area (Å²) in [7, 11) is 4.13. The zero-order valence-electron chi connectivity index (χ0n) is 17.4. The van der Waals surface area contributed by atoms with Gasteiger partial charge in [-0.25, -0.2) is 9.18 Å². The molecule has 0 bridgehead atoms. The molecule has 6 nitrogen and oxygen atoms in total. The highest BCUT2D eigenvalue weighted by Gasteiger charge is 2.45. The van der Waals surface area contributed by atoms with Crippen molar-refractivity contribution in [3.8, 4) is 0 Å². The third-order valence-electron chi connectivity index (χ3n) is 5.80. The maximum absolute atomic E-state index is 14.1. The first-order valence-electron chi connectivity index (χ1n) is 10.3. The molecule has 0 spiro atoms. The van der Waals surface area contributed by atoms with Crippen LogP contribution in [0.5, 0.6) is 0 Å². The number of hydrogen-bond acceptors (Lipinski definition) is 4. The summed E-state index contributed by atoms with van der Waals surface area (Å²) < 4.78 is 20.1. The molecule has 0 heterocycles. The number of quaternary nitrogens is 1. The maximum Gasteiger partial charge on any atom is 0.338 e. The van der Waals surface area contributed by atoms with Crippen LogP contribution in [0, 0.1) is 21.3 Å². The molecule has 160 valence electrons. The van der Waals surface area contributed by atoms with Gasteiger partial charge in [-0.15, -0.1) is 0 Å². The fourth-order valence-electron chi connectivity index (χ4n) is 4.60. The second-order valence-electron chi connectivity index (χ2n) is 8.45. The van der Waals surface area contributed by atoms with Crippen molar-refractivity contribution in [2.45, 2.75) is 38.2 Å². The Kier molecular flexibility index (Phi) is 6.82. The highest BCUT2D eigenvalue weighted by molar-refractivity contribution is 5.89. The molecule has 1 saturated carbocycles. The molecule has 1 aliphatic carbocycles. The van der Waals surface area contributed by atoms with Crippen molar-refractivity contribution in [2.75, 3.05) is 20.6 Å². The van der Waals surface area contributed by atoms with Gasteiger partial charge in [0.2, 0.25) is 0 Å². The first kappa shape index (κ1) is 21.9. The van der Waals surface area contributed by atoms with Gasteiger partial charge in [0.05, 0.1) is 36.5 Å². The van der Waals surface area contributed by atoms with E-state index in [2.05, 4.69) is 14.1 Å². The molecule has 3 rings (SSSR count). The lowest BCUT2D eigenvalue weighted by Crippen LogP contribution is -3.07. The van der Waals surface area contributed by atoms with Gasteiger partial charge < -0.3 is 9.64 Å². The second kappa shape index (κ2) is 9.34. The molecule has 7 heteroatoms. The number of halogens is 1. The van der Waals surface area contributed by atoms with Crippen LogP contribution in [0.4, 0.5) is 10.1 Å². The minimum Gasteiger partial charge on any atom is -0.453 e. The summed E-state index contributed by atoms with van der Waals surface area (Å²) in [6.45, 7) is 0.793. The van der Waals surface area contributed by atoms with E-state index in [0.717, 1.165) is 38.6 Å². The highest BCUT2D eigenvalue weighted by Crippen LogP contribution is 2.47. The average molecular weight is 415 g/mol. The lowest BCUT2D eigenvalue weighted by Gasteiger charge is -2.43. The standard InChI is InChI=1S/C23H27FN2O4/c1-25(2)16-23(13-4-3-5-14-23)21(18-7-6-8-19(24)15-18)30-22(27)17-9-11-20(12-10-17)26(28)29/h6-12,15,21H,3-5,13-14,16H2,1-2H3/p+1/t21-/m0/s1. The van der Waals surface area contributed by atoms with Crippen LogP contribution in [0.15, 0.2) is 48.5 Å². The number of benzene rings is 2. The maximum atomic E-state index is 14.1. The number of non-ortho nitro benzene ring substituents is 1. The molecule has 0 unspecified atom stereocenters. The largest absolute Gasteiger partial charge is 0.453 e. The van der Waals surface area contributed by atoms with Gasteiger partial charge in [-0.3, -0.25) is 10.1 Å². The molecule has 0 aromatic heterocycles. The number of nitro benzene ring substituents is 1. The number of esters is 1. The number of hydrogen-bond donors (Lipinski definition) is 1. The average Bonchev–Trinajstić information content (AvgIpc) is 2.72. The number of rotatable bonds is 7. The number of ether oxygens (including phenoxy) is 1. The number of carbonyl (C=O) groups is 1. The minimum absolute atomic E-state index is 0.0896. The molecular weight excluding hydrogens is 387 g/mol. The number of nitrogens with one attached hydrogen (secondary N) is 1. The Morgan fingerprint density at radius 2 is 1.83 bits per heavy atom. The number of carbonyl (C=O) groups excluding carboxylic acids is 1. The van der Waals surface area contributed by atoms with E-state index >= 15 is 0 Å². The first-order valence-corrected chi connectivity index (χ1v) is 10.3. The Hall–Kier alpha value is -2.80. The Bertz CT molecular complexity index is 892. The molecule has 30 heavy (non-hydrogen) atoms. The lowest BCUT2D eigenvalue weighted by atomic mass is 9.68. The summed E-state index contributed by atoms with van der Waals surface area (Å²) in [4.78, 5) is 24.6. The summed E-state index contributed by atoms with van der Waals surface area (Å²) in [6, 6.07) is 11.6. The lowest BCUT2D eigenvalue weighted by molar-refractivity contribution is -0.867. The number of nitro groups is 1. The van der Waals surface area contributed by atoms with E-state index in [9.17, 15) is 19.3 Å². The van der Waals surface area contributed by atoms with Gasteiger partial charge in [0.15, 0.2) is 0 Å². The first-order chi connectivity index (χ1) is 14.3. The molecule has 0 aliphatic heterocycles. The van der Waals surface area contributed by atoms with Crippen LogP contribution in [0.25, 0.3) is 0 Å². The van der Waals surface area contributed by atoms with Gasteiger partial charge in [-0.2, -0.15) is 0 Å². The van der Waals surface area contributed by atoms with Gasteiger partial charge in [0, 0.05) is 12.1 Å². The van der Waals surface area contributed by atoms with E-state index in [-0.39, 0.29) is 22.5 Å². The van der Waals surface area contributed by atoms with Crippen LogP contribution in [0.3, 0.4) is 0 Å². The molecule has 2 aromatic rings. The van der Waals surface area contributed by atoms with Crippen LogP contribution in [-0.4, -0.2) is 31.5 Å². The van der Waals surface area contributed by atoms with Gasteiger partial charge in [0.25, 0.3) is 5.69 Å². The predicted molar refractivity (Wildman–Crippen MR) is 111 cm³/mol. The van der Waals surface area contributed by atoms with Crippen LogP contribution >= 0.6 is 0 Å². The van der Waals surface area contributed by atoms with E-state index in [1.54, 1.807) is 12.1 Å². The summed E-state index contributed by atoms with van der Waals surface area (Å²) >= 11 is 0. The van der Waals surface area contributed by atoms with Crippen LogP contribution < -0.4 is 4.90 Å².